The second-order valence-corrected chi connectivity index (χ2v) is 23.3. The van der Waals surface area contributed by atoms with Crippen LogP contribution in [0, 0.1) is 0 Å². The van der Waals surface area contributed by atoms with Crippen molar-refractivity contribution in [3.8, 4) is 22.3 Å². The minimum Gasteiger partial charge on any atom is -0.311 e. The van der Waals surface area contributed by atoms with E-state index >= 15 is 0 Å². The summed E-state index contributed by atoms with van der Waals surface area (Å²) in [7, 11) is 0. The lowest BCUT2D eigenvalue weighted by atomic mass is 9.29. The van der Waals surface area contributed by atoms with E-state index in [0.29, 0.717) is 0 Å². The van der Waals surface area contributed by atoms with Crippen LogP contribution in [0.15, 0.2) is 212 Å². The lowest BCUT2D eigenvalue weighted by molar-refractivity contribution is 0.586. The van der Waals surface area contributed by atoms with Gasteiger partial charge in [-0.15, -0.1) is 0 Å². The molecule has 2 heterocycles. The Labute approximate surface area is 422 Å². The van der Waals surface area contributed by atoms with Gasteiger partial charge in [0, 0.05) is 17.1 Å². The third-order valence-corrected chi connectivity index (χ3v) is 15.8. The summed E-state index contributed by atoms with van der Waals surface area (Å²) in [6.45, 7) is 21.3. The van der Waals surface area contributed by atoms with Crippen molar-refractivity contribution in [1.82, 2.24) is 0 Å². The summed E-state index contributed by atoms with van der Waals surface area (Å²) in [5.74, 6) is 0. The van der Waals surface area contributed by atoms with E-state index in [9.17, 15) is 0 Å². The van der Waals surface area contributed by atoms with Crippen LogP contribution in [0.1, 0.15) is 101 Å². The Hall–Kier alpha value is -7.42. The predicted molar refractivity (Wildman–Crippen MR) is 306 cm³/mol. The lowest BCUT2D eigenvalue weighted by Gasteiger charge is -2.49. The monoisotopic (exact) mass is 915 g/mol. The minimum atomic E-state index is -0.617. The maximum Gasteiger partial charge on any atom is 0.247 e. The number of hydrogen-bond donors (Lipinski definition) is 0. The first-order valence-electron chi connectivity index (χ1n) is 25.6. The maximum atomic E-state index is 2.65. The first kappa shape index (κ1) is 44.8. The van der Waals surface area contributed by atoms with Crippen molar-refractivity contribution in [2.75, 3.05) is 4.90 Å². The van der Waals surface area contributed by atoms with E-state index < -0.39 is 5.41 Å². The average Bonchev–Trinajstić information content (AvgIpc) is 3.37. The molecule has 0 aromatic heterocycles. The van der Waals surface area contributed by atoms with Gasteiger partial charge in [-0.1, -0.05) is 256 Å². The summed E-state index contributed by atoms with van der Waals surface area (Å²) < 4.78 is 0. The van der Waals surface area contributed by atoms with Gasteiger partial charge in [-0.3, -0.25) is 0 Å². The van der Waals surface area contributed by atoms with Crippen LogP contribution < -0.4 is 21.3 Å². The van der Waals surface area contributed by atoms with E-state index in [2.05, 4.69) is 280 Å². The van der Waals surface area contributed by atoms with E-state index in [1.54, 1.807) is 0 Å². The van der Waals surface area contributed by atoms with E-state index in [0.717, 1.165) is 5.69 Å². The Bertz CT molecular complexity index is 3640. The average molecular weight is 916 g/mol. The molecule has 0 N–H and O–H groups in total. The number of hydrogen-bond acceptors (Lipinski definition) is 1. The molecule has 0 spiro atoms. The fraction of sp³-hybridized carbons (Fsp3) is 0.188. The van der Waals surface area contributed by atoms with Crippen molar-refractivity contribution >= 4 is 61.7 Å². The van der Waals surface area contributed by atoms with Gasteiger partial charge in [-0.05, 0) is 134 Å². The number of nitrogens with zero attached hydrogens (tertiary/aromatic N) is 1. The molecule has 10 aromatic rings. The third-order valence-electron chi connectivity index (χ3n) is 15.8. The van der Waals surface area contributed by atoms with Crippen LogP contribution in [0.2, 0.25) is 0 Å². The van der Waals surface area contributed by atoms with Crippen LogP contribution in [0.5, 0.6) is 0 Å². The highest BCUT2D eigenvalue weighted by Crippen LogP contribution is 2.52. The predicted octanol–water partition coefficient (Wildman–Crippen LogP) is 16.2. The smallest absolute Gasteiger partial charge is 0.247 e. The topological polar surface area (TPSA) is 3.24 Å². The highest BCUT2D eigenvalue weighted by molar-refractivity contribution is 6.99. The van der Waals surface area contributed by atoms with Gasteiger partial charge in [-0.25, -0.2) is 0 Å². The summed E-state index contributed by atoms with van der Waals surface area (Å²) in [6, 6.07) is 81.3. The van der Waals surface area contributed by atoms with Crippen molar-refractivity contribution in [3.63, 3.8) is 0 Å². The molecule has 0 fully saturated rings. The zero-order valence-electron chi connectivity index (χ0n) is 42.7. The molecule has 0 amide bonds. The first-order valence-corrected chi connectivity index (χ1v) is 25.6. The van der Waals surface area contributed by atoms with Crippen molar-refractivity contribution in [2.45, 2.75) is 84.0 Å². The van der Waals surface area contributed by atoms with Crippen LogP contribution in [-0.4, -0.2) is 6.71 Å². The lowest BCUT2D eigenvalue weighted by Crippen LogP contribution is -2.65. The Morgan fingerprint density at radius 2 is 0.817 bits per heavy atom. The van der Waals surface area contributed by atoms with Crippen molar-refractivity contribution in [1.29, 1.82) is 0 Å². The normalized spacial score (nSPS) is 14.0. The van der Waals surface area contributed by atoms with E-state index in [1.165, 1.54) is 111 Å². The summed E-state index contributed by atoms with van der Waals surface area (Å²) >= 11 is 0. The van der Waals surface area contributed by atoms with E-state index in [-0.39, 0.29) is 23.0 Å². The van der Waals surface area contributed by atoms with Gasteiger partial charge in [0.15, 0.2) is 0 Å². The fourth-order valence-corrected chi connectivity index (χ4v) is 12.3. The van der Waals surface area contributed by atoms with Crippen LogP contribution >= 0.6 is 0 Å². The molecule has 346 valence electrons. The van der Waals surface area contributed by atoms with Crippen molar-refractivity contribution in [2.24, 2.45) is 0 Å². The molecule has 71 heavy (non-hydrogen) atoms. The molecule has 0 atom stereocenters. The Morgan fingerprint density at radius 1 is 0.352 bits per heavy atom. The van der Waals surface area contributed by atoms with Crippen LogP contribution in [0.25, 0.3) is 43.8 Å². The quantitative estimate of drug-likeness (QED) is 0.123. The zero-order chi connectivity index (χ0) is 49.0. The molecular formula is C69H62BN. The molecule has 0 saturated carbocycles. The van der Waals surface area contributed by atoms with Crippen LogP contribution in [0.3, 0.4) is 0 Å². The Kier molecular flexibility index (Phi) is 10.3. The number of fused-ring (bicyclic) bond motifs is 6. The number of benzene rings is 10. The summed E-state index contributed by atoms with van der Waals surface area (Å²) in [4.78, 5) is 2.65. The SMILES string of the molecule is CC(C)(C)c1ccc2c(c1)B1c3cc(C(C)(C)C)ccc3C(c3ccccc3)(c3ccccc3)c3cc(C(C)(C)C)cc(c31)N2c1ccc2c(-c3ccccc3)c3ccccc3c(-c3ccccc3)c2c1. The van der Waals surface area contributed by atoms with Gasteiger partial charge in [0.05, 0.1) is 5.41 Å². The van der Waals surface area contributed by atoms with Gasteiger partial charge in [0.1, 0.15) is 0 Å². The molecule has 0 saturated heterocycles. The molecule has 2 aliphatic heterocycles. The van der Waals surface area contributed by atoms with Gasteiger partial charge in [0.2, 0.25) is 6.71 Å². The molecule has 10 aromatic carbocycles. The number of rotatable bonds is 5. The van der Waals surface area contributed by atoms with Gasteiger partial charge in [0.25, 0.3) is 0 Å². The summed E-state index contributed by atoms with van der Waals surface area (Å²) in [5, 5.41) is 5.00. The minimum absolute atomic E-state index is 0.0191. The molecule has 0 bridgehead atoms. The Morgan fingerprint density at radius 3 is 1.35 bits per heavy atom. The molecule has 0 unspecified atom stereocenters. The molecule has 1 nitrogen and oxygen atoms in total. The molecule has 0 radical (unpaired) electrons. The highest BCUT2D eigenvalue weighted by Gasteiger charge is 2.52. The standard InChI is InChI=1S/C69H62BN/c1-66(2,3)49-34-38-57-59(41-49)70-60-42-50(67(4,5)6)35-39-61(60)71(62-43-51(68(7,8)9)40-58(65(62)70)69(57,47-28-18-12-19-29-47)48-30-20-13-21-31-48)52-36-37-55-56(44-52)64(46-26-16-11-17-27-46)54-33-23-22-32-53(54)63(55)45-24-14-10-15-25-45/h10-44H,1-9H3. The van der Waals surface area contributed by atoms with Crippen molar-refractivity contribution in [3.05, 3.63) is 251 Å². The van der Waals surface area contributed by atoms with Crippen LogP contribution in [0.4, 0.5) is 17.1 Å². The number of anilines is 3. The highest BCUT2D eigenvalue weighted by atomic mass is 15.2. The summed E-state index contributed by atoms with van der Waals surface area (Å²) in [5.41, 5.74) is 21.1. The molecule has 0 aliphatic carbocycles. The second-order valence-electron chi connectivity index (χ2n) is 23.3. The van der Waals surface area contributed by atoms with Gasteiger partial charge >= 0.3 is 0 Å². The first-order chi connectivity index (χ1) is 34.1. The van der Waals surface area contributed by atoms with Gasteiger partial charge < -0.3 is 4.90 Å². The second kappa shape index (κ2) is 16.3. The Balaban J connectivity index is 1.27. The van der Waals surface area contributed by atoms with E-state index in [4.69, 9.17) is 0 Å². The third kappa shape index (κ3) is 7.04. The maximum absolute atomic E-state index is 2.65. The molecule has 12 rings (SSSR count). The van der Waals surface area contributed by atoms with E-state index in [1.807, 2.05) is 0 Å². The zero-order valence-corrected chi connectivity index (χ0v) is 42.7. The molecule has 2 aliphatic rings. The summed E-state index contributed by atoms with van der Waals surface area (Å²) in [6.07, 6.45) is 0. The fourth-order valence-electron chi connectivity index (χ4n) is 12.3. The molecule has 2 heteroatoms. The van der Waals surface area contributed by atoms with Gasteiger partial charge in [-0.2, -0.15) is 0 Å². The molecular weight excluding hydrogens is 854 g/mol. The van der Waals surface area contributed by atoms with Crippen LogP contribution in [-0.2, 0) is 21.7 Å². The largest absolute Gasteiger partial charge is 0.311 e. The van der Waals surface area contributed by atoms with Crippen molar-refractivity contribution < 1.29 is 0 Å².